The zero-order valence-electron chi connectivity index (χ0n) is 9.71. The van der Waals surface area contributed by atoms with Gasteiger partial charge >= 0.3 is 0 Å². The van der Waals surface area contributed by atoms with Crippen LogP contribution < -0.4 is 0 Å². The molecular formula is C14H10BrCl2FO. The Labute approximate surface area is 129 Å². The van der Waals surface area contributed by atoms with Crippen LogP contribution in [0.25, 0.3) is 0 Å². The Morgan fingerprint density at radius 3 is 2.68 bits per heavy atom. The van der Waals surface area contributed by atoms with Crippen LogP contribution in [0.2, 0.25) is 10.0 Å². The Hall–Kier alpha value is -0.610. The summed E-state index contributed by atoms with van der Waals surface area (Å²) in [6.07, 6.45) is -0.595. The third-order valence-electron chi connectivity index (χ3n) is 2.76. The van der Waals surface area contributed by atoms with Crippen molar-refractivity contribution in [1.82, 2.24) is 0 Å². The molecule has 0 aliphatic rings. The third kappa shape index (κ3) is 3.48. The van der Waals surface area contributed by atoms with E-state index in [9.17, 15) is 9.50 Å². The highest BCUT2D eigenvalue weighted by Crippen LogP contribution is 2.32. The molecule has 0 radical (unpaired) electrons. The van der Waals surface area contributed by atoms with Crippen LogP contribution in [0.4, 0.5) is 4.39 Å². The topological polar surface area (TPSA) is 20.2 Å². The number of benzene rings is 2. The summed E-state index contributed by atoms with van der Waals surface area (Å²) in [5, 5.41) is 10.9. The molecule has 0 saturated heterocycles. The maximum Gasteiger partial charge on any atom is 0.123 e. The van der Waals surface area contributed by atoms with E-state index in [-0.39, 0.29) is 12.2 Å². The normalized spacial score (nSPS) is 12.5. The molecule has 0 spiro atoms. The van der Waals surface area contributed by atoms with E-state index >= 15 is 0 Å². The Morgan fingerprint density at radius 1 is 1.21 bits per heavy atom. The van der Waals surface area contributed by atoms with Crippen molar-refractivity contribution in [3.05, 3.63) is 67.9 Å². The Bertz CT molecular complexity index is 604. The van der Waals surface area contributed by atoms with Gasteiger partial charge in [0.15, 0.2) is 0 Å². The van der Waals surface area contributed by atoms with E-state index in [2.05, 4.69) is 15.9 Å². The van der Waals surface area contributed by atoms with Crippen LogP contribution in [0.15, 0.2) is 40.9 Å². The summed E-state index contributed by atoms with van der Waals surface area (Å²) in [5.41, 5.74) is 1.20. The molecule has 0 bridgehead atoms. The summed E-state index contributed by atoms with van der Waals surface area (Å²) in [7, 11) is 0. The minimum Gasteiger partial charge on any atom is -0.388 e. The van der Waals surface area contributed by atoms with Gasteiger partial charge in [0, 0.05) is 16.5 Å². The number of hydrogen-bond donors (Lipinski definition) is 1. The first-order valence-electron chi connectivity index (χ1n) is 5.55. The van der Waals surface area contributed by atoms with Crippen molar-refractivity contribution in [3.8, 4) is 0 Å². The van der Waals surface area contributed by atoms with E-state index in [0.717, 1.165) is 4.47 Å². The molecule has 5 heteroatoms. The standard InChI is InChI=1S/C14H10BrCl2FO/c15-11-5-4-9(18)6-8(11)7-13(19)10-2-1-3-12(16)14(10)17/h1-6,13,19H,7H2. The van der Waals surface area contributed by atoms with Gasteiger partial charge in [0.2, 0.25) is 0 Å². The molecule has 19 heavy (non-hydrogen) atoms. The van der Waals surface area contributed by atoms with Gasteiger partial charge in [-0.15, -0.1) is 0 Å². The molecule has 1 N–H and O–H groups in total. The van der Waals surface area contributed by atoms with E-state index in [1.165, 1.54) is 12.1 Å². The zero-order chi connectivity index (χ0) is 14.0. The van der Waals surface area contributed by atoms with Gasteiger partial charge in [-0.2, -0.15) is 0 Å². The monoisotopic (exact) mass is 362 g/mol. The second-order valence-corrected chi connectivity index (χ2v) is 5.74. The lowest BCUT2D eigenvalue weighted by atomic mass is 10.0. The Balaban J connectivity index is 2.28. The highest BCUT2D eigenvalue weighted by atomic mass is 79.9. The quantitative estimate of drug-likeness (QED) is 0.797. The Morgan fingerprint density at radius 2 is 1.95 bits per heavy atom. The van der Waals surface area contributed by atoms with E-state index in [4.69, 9.17) is 23.2 Å². The van der Waals surface area contributed by atoms with Crippen LogP contribution >= 0.6 is 39.1 Å². The van der Waals surface area contributed by atoms with Crippen molar-refractivity contribution in [2.45, 2.75) is 12.5 Å². The van der Waals surface area contributed by atoms with Crippen LogP contribution in [0.1, 0.15) is 17.2 Å². The Kier molecular flexibility index (Phi) is 4.85. The molecule has 1 atom stereocenters. The van der Waals surface area contributed by atoms with Gasteiger partial charge < -0.3 is 5.11 Å². The number of hydrogen-bond acceptors (Lipinski definition) is 1. The largest absolute Gasteiger partial charge is 0.388 e. The average Bonchev–Trinajstić information content (AvgIpc) is 2.37. The lowest BCUT2D eigenvalue weighted by molar-refractivity contribution is 0.178. The van der Waals surface area contributed by atoms with Crippen molar-refractivity contribution < 1.29 is 9.50 Å². The van der Waals surface area contributed by atoms with Crippen LogP contribution in [0.3, 0.4) is 0 Å². The second kappa shape index (κ2) is 6.23. The second-order valence-electron chi connectivity index (χ2n) is 4.10. The molecule has 0 aliphatic carbocycles. The molecule has 0 heterocycles. The van der Waals surface area contributed by atoms with E-state index < -0.39 is 6.10 Å². The number of aliphatic hydroxyl groups excluding tert-OH is 1. The molecule has 1 unspecified atom stereocenters. The van der Waals surface area contributed by atoms with Crippen LogP contribution in [0.5, 0.6) is 0 Å². The SMILES string of the molecule is OC(Cc1cc(F)ccc1Br)c1cccc(Cl)c1Cl. The summed E-state index contributed by atoms with van der Waals surface area (Å²) in [6, 6.07) is 9.41. The average molecular weight is 364 g/mol. The summed E-state index contributed by atoms with van der Waals surface area (Å²) < 4.78 is 13.9. The van der Waals surface area contributed by atoms with Crippen molar-refractivity contribution in [3.63, 3.8) is 0 Å². The molecule has 1 nitrogen and oxygen atoms in total. The summed E-state index contributed by atoms with van der Waals surface area (Å²) in [6.45, 7) is 0. The number of rotatable bonds is 3. The highest BCUT2D eigenvalue weighted by molar-refractivity contribution is 9.10. The lowest BCUT2D eigenvalue weighted by Crippen LogP contribution is -2.03. The van der Waals surface area contributed by atoms with Crippen LogP contribution in [0, 0.1) is 5.82 Å². The van der Waals surface area contributed by atoms with Gasteiger partial charge in [-0.3, -0.25) is 0 Å². The van der Waals surface area contributed by atoms with Crippen molar-refractivity contribution >= 4 is 39.1 Å². The molecule has 0 aromatic heterocycles. The number of aliphatic hydroxyl groups is 1. The predicted molar refractivity (Wildman–Crippen MR) is 79.2 cm³/mol. The summed E-state index contributed by atoms with van der Waals surface area (Å²) in [5.74, 6) is -0.345. The molecule has 0 saturated carbocycles. The van der Waals surface area contributed by atoms with Gasteiger partial charge in [-0.05, 0) is 29.8 Å². The summed E-state index contributed by atoms with van der Waals surface area (Å²) >= 11 is 15.3. The molecule has 100 valence electrons. The minimum atomic E-state index is -0.843. The minimum absolute atomic E-state index is 0.248. The van der Waals surface area contributed by atoms with Gasteiger partial charge in [0.1, 0.15) is 5.82 Å². The molecule has 0 amide bonds. The summed E-state index contributed by atoms with van der Waals surface area (Å²) in [4.78, 5) is 0. The molecule has 2 aromatic carbocycles. The van der Waals surface area contributed by atoms with E-state index in [1.807, 2.05) is 0 Å². The van der Waals surface area contributed by atoms with Crippen LogP contribution in [-0.2, 0) is 6.42 Å². The predicted octanol–water partition coefficient (Wildman–Crippen LogP) is 5.17. The first-order chi connectivity index (χ1) is 8.99. The van der Waals surface area contributed by atoms with Gasteiger partial charge in [0.05, 0.1) is 16.1 Å². The molecule has 0 aliphatic heterocycles. The molecular weight excluding hydrogens is 354 g/mol. The van der Waals surface area contributed by atoms with Crippen molar-refractivity contribution in [1.29, 1.82) is 0 Å². The number of halogens is 4. The fraction of sp³-hybridized carbons (Fsp3) is 0.143. The van der Waals surface area contributed by atoms with Gasteiger partial charge in [0.25, 0.3) is 0 Å². The van der Waals surface area contributed by atoms with Crippen molar-refractivity contribution in [2.24, 2.45) is 0 Å². The fourth-order valence-corrected chi connectivity index (χ4v) is 2.64. The maximum atomic E-state index is 13.2. The van der Waals surface area contributed by atoms with E-state index in [1.54, 1.807) is 24.3 Å². The van der Waals surface area contributed by atoms with Crippen LogP contribution in [-0.4, -0.2) is 5.11 Å². The zero-order valence-corrected chi connectivity index (χ0v) is 12.8. The van der Waals surface area contributed by atoms with Gasteiger partial charge in [-0.1, -0.05) is 51.3 Å². The highest BCUT2D eigenvalue weighted by Gasteiger charge is 2.15. The first kappa shape index (κ1) is 14.8. The molecule has 0 fully saturated rings. The van der Waals surface area contributed by atoms with E-state index in [0.29, 0.717) is 21.2 Å². The molecule has 2 aromatic rings. The lowest BCUT2D eigenvalue weighted by Gasteiger charge is -2.14. The molecule has 2 rings (SSSR count). The van der Waals surface area contributed by atoms with Crippen molar-refractivity contribution in [2.75, 3.05) is 0 Å². The fourth-order valence-electron chi connectivity index (χ4n) is 1.80. The third-order valence-corrected chi connectivity index (χ3v) is 4.37. The first-order valence-corrected chi connectivity index (χ1v) is 7.10. The van der Waals surface area contributed by atoms with Gasteiger partial charge in [-0.25, -0.2) is 4.39 Å². The maximum absolute atomic E-state index is 13.2. The smallest absolute Gasteiger partial charge is 0.123 e.